The fourth-order valence-corrected chi connectivity index (χ4v) is 3.42. The molecule has 1 aromatic carbocycles. The molecule has 1 saturated carbocycles. The van der Waals surface area contributed by atoms with Crippen LogP contribution in [-0.2, 0) is 9.53 Å². The number of esters is 1. The number of nitro groups is 1. The van der Waals surface area contributed by atoms with Crippen molar-refractivity contribution in [1.29, 1.82) is 0 Å². The lowest BCUT2D eigenvalue weighted by atomic mass is 10.1. The molecule has 1 fully saturated rings. The second-order valence-corrected chi connectivity index (χ2v) is 7.08. The molecule has 0 radical (unpaired) electrons. The first-order chi connectivity index (χ1) is 13.9. The monoisotopic (exact) mass is 401 g/mol. The van der Waals surface area contributed by atoms with Crippen LogP contribution in [-0.4, -0.2) is 47.3 Å². The van der Waals surface area contributed by atoms with Crippen molar-refractivity contribution in [3.05, 3.63) is 46.1 Å². The van der Waals surface area contributed by atoms with E-state index in [1.165, 1.54) is 12.1 Å². The molecule has 10 heteroatoms. The molecular formula is C19H23N5O5. The number of hydrogen-bond donors (Lipinski definition) is 1. The van der Waals surface area contributed by atoms with Crippen LogP contribution in [0.5, 0.6) is 0 Å². The Morgan fingerprint density at radius 1 is 1.31 bits per heavy atom. The van der Waals surface area contributed by atoms with Crippen molar-refractivity contribution < 1.29 is 19.2 Å². The number of benzene rings is 1. The average Bonchev–Trinajstić information content (AvgIpc) is 3.37. The number of amides is 1. The third kappa shape index (κ3) is 4.71. The standard InChI is InChI=1S/C19H23N5O5/c1-22(2)15-8-7-13(11-16(15)24(27)28)19(26)29-12-18(25)21-17-9-10-20-23(17)14-5-3-4-6-14/h7-11,14H,3-6,12H2,1-2H3,(H,21,25). The van der Waals surface area contributed by atoms with Crippen molar-refractivity contribution in [3.63, 3.8) is 0 Å². The number of aromatic nitrogens is 2. The van der Waals surface area contributed by atoms with E-state index in [9.17, 15) is 19.7 Å². The Morgan fingerprint density at radius 3 is 2.69 bits per heavy atom. The summed E-state index contributed by atoms with van der Waals surface area (Å²) in [6, 6.07) is 6.00. The smallest absolute Gasteiger partial charge is 0.338 e. The Labute approximate surface area is 167 Å². The molecule has 10 nitrogen and oxygen atoms in total. The summed E-state index contributed by atoms with van der Waals surface area (Å²) in [4.78, 5) is 36.7. The van der Waals surface area contributed by atoms with Crippen LogP contribution in [0, 0.1) is 10.1 Å². The van der Waals surface area contributed by atoms with Crippen LogP contribution < -0.4 is 10.2 Å². The minimum atomic E-state index is -0.808. The zero-order valence-corrected chi connectivity index (χ0v) is 16.3. The second-order valence-electron chi connectivity index (χ2n) is 7.08. The number of rotatable bonds is 7. The zero-order valence-electron chi connectivity index (χ0n) is 16.3. The van der Waals surface area contributed by atoms with Crippen LogP contribution >= 0.6 is 0 Å². The molecule has 154 valence electrons. The van der Waals surface area contributed by atoms with Crippen molar-refractivity contribution in [3.8, 4) is 0 Å². The Kier molecular flexibility index (Phi) is 6.10. The van der Waals surface area contributed by atoms with Gasteiger partial charge < -0.3 is 15.0 Å². The van der Waals surface area contributed by atoms with Gasteiger partial charge in [0.15, 0.2) is 6.61 Å². The maximum Gasteiger partial charge on any atom is 0.338 e. The number of ether oxygens (including phenoxy) is 1. The van der Waals surface area contributed by atoms with Gasteiger partial charge in [-0.15, -0.1) is 0 Å². The second kappa shape index (κ2) is 8.72. The van der Waals surface area contributed by atoms with Gasteiger partial charge in [0.25, 0.3) is 11.6 Å². The van der Waals surface area contributed by atoms with Crippen LogP contribution in [0.2, 0.25) is 0 Å². The first-order valence-electron chi connectivity index (χ1n) is 9.33. The van der Waals surface area contributed by atoms with E-state index in [2.05, 4.69) is 10.4 Å². The highest BCUT2D eigenvalue weighted by atomic mass is 16.6. The molecule has 1 N–H and O–H groups in total. The van der Waals surface area contributed by atoms with Crippen LogP contribution in [0.1, 0.15) is 42.1 Å². The minimum Gasteiger partial charge on any atom is -0.452 e. The molecule has 1 aliphatic carbocycles. The van der Waals surface area contributed by atoms with Crippen molar-refractivity contribution in [1.82, 2.24) is 9.78 Å². The molecule has 1 aliphatic rings. The molecule has 0 aliphatic heterocycles. The Bertz CT molecular complexity index is 917. The van der Waals surface area contributed by atoms with E-state index in [4.69, 9.17) is 4.74 Å². The SMILES string of the molecule is CN(C)c1ccc(C(=O)OCC(=O)Nc2ccnn2C2CCCC2)cc1[N+](=O)[O-]. The van der Waals surface area contributed by atoms with Crippen molar-refractivity contribution in [2.24, 2.45) is 0 Å². The van der Waals surface area contributed by atoms with Gasteiger partial charge in [-0.25, -0.2) is 9.48 Å². The van der Waals surface area contributed by atoms with Crippen molar-refractivity contribution in [2.45, 2.75) is 31.7 Å². The van der Waals surface area contributed by atoms with E-state index in [1.807, 2.05) is 0 Å². The fourth-order valence-electron chi connectivity index (χ4n) is 3.42. The topological polar surface area (TPSA) is 120 Å². The van der Waals surface area contributed by atoms with Gasteiger partial charge in [0, 0.05) is 26.2 Å². The molecule has 0 bridgehead atoms. The highest BCUT2D eigenvalue weighted by Crippen LogP contribution is 2.31. The van der Waals surface area contributed by atoms with Gasteiger partial charge in [0.05, 0.1) is 22.7 Å². The van der Waals surface area contributed by atoms with Gasteiger partial charge in [-0.1, -0.05) is 12.8 Å². The number of carbonyl (C=O) groups excluding carboxylic acids is 2. The van der Waals surface area contributed by atoms with Gasteiger partial charge >= 0.3 is 5.97 Å². The Balaban J connectivity index is 1.61. The number of nitro benzene ring substituents is 1. The largest absolute Gasteiger partial charge is 0.452 e. The van der Waals surface area contributed by atoms with E-state index in [0.717, 1.165) is 31.7 Å². The molecule has 1 amide bonds. The molecule has 2 aromatic rings. The lowest BCUT2D eigenvalue weighted by Gasteiger charge is -2.15. The summed E-state index contributed by atoms with van der Waals surface area (Å²) in [6.07, 6.45) is 5.91. The summed E-state index contributed by atoms with van der Waals surface area (Å²) in [5.41, 5.74) is 0.157. The van der Waals surface area contributed by atoms with Crippen LogP contribution in [0.4, 0.5) is 17.2 Å². The predicted octanol–water partition coefficient (Wildman–Crippen LogP) is 2.77. The third-order valence-electron chi connectivity index (χ3n) is 4.83. The predicted molar refractivity (Wildman–Crippen MR) is 106 cm³/mol. The maximum atomic E-state index is 12.2. The van der Waals surface area contributed by atoms with E-state index < -0.39 is 23.4 Å². The number of anilines is 2. The fraction of sp³-hybridized carbons (Fsp3) is 0.421. The number of nitrogens with one attached hydrogen (secondary N) is 1. The molecule has 1 heterocycles. The van der Waals surface area contributed by atoms with Gasteiger partial charge in [0.2, 0.25) is 0 Å². The molecule has 0 spiro atoms. The molecule has 0 atom stereocenters. The lowest BCUT2D eigenvalue weighted by Crippen LogP contribution is -2.23. The number of nitrogens with zero attached hydrogens (tertiary/aromatic N) is 4. The summed E-state index contributed by atoms with van der Waals surface area (Å²) in [6.45, 7) is -0.502. The zero-order chi connectivity index (χ0) is 21.0. The highest BCUT2D eigenvalue weighted by Gasteiger charge is 2.22. The lowest BCUT2D eigenvalue weighted by molar-refractivity contribution is -0.384. The van der Waals surface area contributed by atoms with Gasteiger partial charge in [-0.2, -0.15) is 5.10 Å². The van der Waals surface area contributed by atoms with Crippen molar-refractivity contribution >= 4 is 29.1 Å². The van der Waals surface area contributed by atoms with E-state index in [-0.39, 0.29) is 17.3 Å². The highest BCUT2D eigenvalue weighted by molar-refractivity contribution is 5.95. The third-order valence-corrected chi connectivity index (χ3v) is 4.83. The summed E-state index contributed by atoms with van der Waals surface area (Å²) in [5, 5.41) is 18.2. The van der Waals surface area contributed by atoms with Crippen LogP contribution in [0.3, 0.4) is 0 Å². The Hall–Kier alpha value is -3.43. The first-order valence-corrected chi connectivity index (χ1v) is 9.33. The molecule has 1 aromatic heterocycles. The quantitative estimate of drug-likeness (QED) is 0.430. The molecule has 29 heavy (non-hydrogen) atoms. The Morgan fingerprint density at radius 2 is 2.03 bits per heavy atom. The minimum absolute atomic E-state index is 0.00565. The molecule has 0 saturated heterocycles. The van der Waals surface area contributed by atoms with Gasteiger partial charge in [-0.05, 0) is 25.0 Å². The number of carbonyl (C=O) groups is 2. The average molecular weight is 401 g/mol. The van der Waals surface area contributed by atoms with Crippen LogP contribution in [0.15, 0.2) is 30.5 Å². The van der Waals surface area contributed by atoms with Gasteiger partial charge in [0.1, 0.15) is 11.5 Å². The van der Waals surface area contributed by atoms with Gasteiger partial charge in [-0.3, -0.25) is 14.9 Å². The van der Waals surface area contributed by atoms with E-state index >= 15 is 0 Å². The van der Waals surface area contributed by atoms with E-state index in [1.54, 1.807) is 35.9 Å². The van der Waals surface area contributed by atoms with Crippen molar-refractivity contribution in [2.75, 3.05) is 30.9 Å². The summed E-state index contributed by atoms with van der Waals surface area (Å²) in [5.74, 6) is -0.751. The normalized spacial score (nSPS) is 13.9. The summed E-state index contributed by atoms with van der Waals surface area (Å²) < 4.78 is 6.81. The molecular weight excluding hydrogens is 378 g/mol. The maximum absolute atomic E-state index is 12.2. The molecule has 3 rings (SSSR count). The number of hydrogen-bond acceptors (Lipinski definition) is 7. The first kappa shape index (κ1) is 20.3. The summed E-state index contributed by atoms with van der Waals surface area (Å²) in [7, 11) is 3.34. The summed E-state index contributed by atoms with van der Waals surface area (Å²) >= 11 is 0. The molecule has 0 unspecified atom stereocenters. The van der Waals surface area contributed by atoms with Crippen LogP contribution in [0.25, 0.3) is 0 Å². The van der Waals surface area contributed by atoms with E-state index in [0.29, 0.717) is 11.5 Å².